The van der Waals surface area contributed by atoms with E-state index >= 15 is 0 Å². The van der Waals surface area contributed by atoms with Crippen molar-refractivity contribution in [3.05, 3.63) is 0 Å². The maximum atomic E-state index is 12.0. The van der Waals surface area contributed by atoms with Gasteiger partial charge in [0.05, 0.1) is 12.5 Å². The van der Waals surface area contributed by atoms with Crippen LogP contribution < -0.4 is 4.72 Å². The van der Waals surface area contributed by atoms with Gasteiger partial charge in [0.2, 0.25) is 10.0 Å². The molecule has 8 heteroatoms. The molecule has 0 aromatic carbocycles. The highest BCUT2D eigenvalue weighted by Gasteiger charge is 2.47. The maximum absolute atomic E-state index is 12.0. The van der Waals surface area contributed by atoms with Crippen LogP contribution in [-0.4, -0.2) is 43.4 Å². The minimum Gasteiger partial charge on any atom is -0.481 e. The molecule has 0 spiro atoms. The fraction of sp³-hybridized carbons (Fsp3) is 0.818. The van der Waals surface area contributed by atoms with Gasteiger partial charge in [0.25, 0.3) is 0 Å². The van der Waals surface area contributed by atoms with E-state index in [2.05, 4.69) is 9.46 Å². The molecule has 0 aliphatic rings. The van der Waals surface area contributed by atoms with Gasteiger partial charge < -0.3 is 9.84 Å². The Morgan fingerprint density at radius 1 is 1.21 bits per heavy atom. The third-order valence-electron chi connectivity index (χ3n) is 3.49. The second kappa shape index (κ2) is 5.46. The smallest absolute Gasteiger partial charge is 0.325 e. The van der Waals surface area contributed by atoms with Gasteiger partial charge in [0.1, 0.15) is 0 Å². The third-order valence-corrected chi connectivity index (χ3v) is 5.41. The highest BCUT2D eigenvalue weighted by molar-refractivity contribution is 7.90. The van der Waals surface area contributed by atoms with Crippen LogP contribution in [0.25, 0.3) is 0 Å². The SMILES string of the molecule is COC(=O)C(C)S(=O)(=O)NC(C)(C)C(C)(C)C(=O)O. The number of carbonyl (C=O) groups excluding carboxylic acids is 1. The van der Waals surface area contributed by atoms with Crippen molar-refractivity contribution in [1.82, 2.24) is 4.72 Å². The lowest BCUT2D eigenvalue weighted by molar-refractivity contribution is -0.150. The lowest BCUT2D eigenvalue weighted by Gasteiger charge is -2.38. The number of sulfonamides is 1. The van der Waals surface area contributed by atoms with Crippen molar-refractivity contribution in [2.24, 2.45) is 5.41 Å². The van der Waals surface area contributed by atoms with E-state index in [9.17, 15) is 18.0 Å². The number of rotatable bonds is 6. The van der Waals surface area contributed by atoms with Gasteiger partial charge in [0, 0.05) is 5.54 Å². The number of hydrogen-bond acceptors (Lipinski definition) is 5. The first-order valence-corrected chi connectivity index (χ1v) is 7.18. The molecule has 0 aliphatic carbocycles. The molecule has 0 saturated carbocycles. The van der Waals surface area contributed by atoms with Crippen LogP contribution in [0.15, 0.2) is 0 Å². The van der Waals surface area contributed by atoms with Gasteiger partial charge in [-0.3, -0.25) is 9.59 Å². The number of esters is 1. The van der Waals surface area contributed by atoms with Crippen LogP contribution in [0.5, 0.6) is 0 Å². The number of carboxylic acids is 1. The number of hydrogen-bond donors (Lipinski definition) is 2. The van der Waals surface area contributed by atoms with E-state index in [-0.39, 0.29) is 0 Å². The molecule has 0 aromatic rings. The molecule has 0 radical (unpaired) electrons. The van der Waals surface area contributed by atoms with Gasteiger partial charge in [-0.25, -0.2) is 13.1 Å². The standard InChI is InChI=1S/C11H21NO6S/c1-7(8(13)18-6)19(16,17)12-11(4,5)10(2,3)9(14)15/h7,12H,1-6H3,(H,14,15). The topological polar surface area (TPSA) is 110 Å². The van der Waals surface area contributed by atoms with E-state index in [0.29, 0.717) is 0 Å². The number of aliphatic carboxylic acids is 1. The molecule has 112 valence electrons. The van der Waals surface area contributed by atoms with Gasteiger partial charge >= 0.3 is 11.9 Å². The average Bonchev–Trinajstić information content (AvgIpc) is 2.24. The summed E-state index contributed by atoms with van der Waals surface area (Å²) in [5.41, 5.74) is -2.63. The first kappa shape index (κ1) is 17.8. The van der Waals surface area contributed by atoms with E-state index in [4.69, 9.17) is 5.11 Å². The van der Waals surface area contributed by atoms with Crippen molar-refractivity contribution in [1.29, 1.82) is 0 Å². The molecule has 7 nitrogen and oxygen atoms in total. The normalized spacial score (nSPS) is 14.8. The molecule has 0 aliphatic heterocycles. The number of carboxylic acid groups (broad SMARTS) is 1. The number of ether oxygens (including phenoxy) is 1. The number of nitrogens with one attached hydrogen (secondary N) is 1. The second-order valence-corrected chi connectivity index (χ2v) is 7.37. The summed E-state index contributed by atoms with van der Waals surface area (Å²) in [6.45, 7) is 6.88. The van der Waals surface area contributed by atoms with Crippen molar-refractivity contribution < 1.29 is 27.9 Å². The molecular formula is C11H21NO6S. The molecule has 0 bridgehead atoms. The molecule has 0 amide bonds. The molecule has 2 N–H and O–H groups in total. The molecule has 1 atom stereocenters. The molecule has 0 saturated heterocycles. The van der Waals surface area contributed by atoms with Crippen molar-refractivity contribution in [2.75, 3.05) is 7.11 Å². The van der Waals surface area contributed by atoms with Crippen LogP contribution in [0.4, 0.5) is 0 Å². The zero-order valence-electron chi connectivity index (χ0n) is 12.0. The molecule has 0 fully saturated rings. The Kier molecular flexibility index (Phi) is 5.13. The molecule has 19 heavy (non-hydrogen) atoms. The Balaban J connectivity index is 5.34. The van der Waals surface area contributed by atoms with Crippen molar-refractivity contribution >= 4 is 22.0 Å². The second-order valence-electron chi connectivity index (χ2n) is 5.37. The van der Waals surface area contributed by atoms with Crippen LogP contribution in [0.3, 0.4) is 0 Å². The zero-order chi connectivity index (χ0) is 15.6. The van der Waals surface area contributed by atoms with Crippen LogP contribution in [0, 0.1) is 5.41 Å². The van der Waals surface area contributed by atoms with Crippen molar-refractivity contribution in [2.45, 2.75) is 45.4 Å². The minimum absolute atomic E-state index is 0.906. The first-order chi connectivity index (χ1) is 8.29. The summed E-state index contributed by atoms with van der Waals surface area (Å²) in [4.78, 5) is 22.5. The largest absolute Gasteiger partial charge is 0.481 e. The summed E-state index contributed by atoms with van der Waals surface area (Å²) >= 11 is 0. The quantitative estimate of drug-likeness (QED) is 0.684. The molecule has 0 aromatic heterocycles. The van der Waals surface area contributed by atoms with Crippen molar-refractivity contribution in [3.8, 4) is 0 Å². The predicted octanol–water partition coefficient (Wildman–Crippen LogP) is 0.357. The molecular weight excluding hydrogens is 274 g/mol. The van der Waals surface area contributed by atoms with Gasteiger partial charge in [-0.15, -0.1) is 0 Å². The van der Waals surface area contributed by atoms with Gasteiger partial charge in [0.15, 0.2) is 5.25 Å². The van der Waals surface area contributed by atoms with Crippen LogP contribution in [-0.2, 0) is 24.3 Å². The third kappa shape index (κ3) is 3.66. The fourth-order valence-electron chi connectivity index (χ4n) is 1.13. The van der Waals surface area contributed by atoms with E-state index in [1.165, 1.54) is 34.6 Å². The number of methoxy groups -OCH3 is 1. The Morgan fingerprint density at radius 2 is 1.63 bits per heavy atom. The highest BCUT2D eigenvalue weighted by atomic mass is 32.2. The molecule has 0 heterocycles. The minimum atomic E-state index is -4.03. The van der Waals surface area contributed by atoms with Crippen LogP contribution >= 0.6 is 0 Å². The lowest BCUT2D eigenvalue weighted by Crippen LogP contribution is -2.58. The average molecular weight is 295 g/mol. The Morgan fingerprint density at radius 3 is 1.95 bits per heavy atom. The van der Waals surface area contributed by atoms with E-state index in [0.717, 1.165) is 7.11 Å². The Hall–Kier alpha value is -1.15. The maximum Gasteiger partial charge on any atom is 0.325 e. The zero-order valence-corrected chi connectivity index (χ0v) is 12.8. The van der Waals surface area contributed by atoms with E-state index in [1.807, 2.05) is 0 Å². The Labute approximate surface area is 113 Å². The van der Waals surface area contributed by atoms with Crippen LogP contribution in [0.1, 0.15) is 34.6 Å². The lowest BCUT2D eigenvalue weighted by atomic mass is 9.75. The number of carbonyl (C=O) groups is 2. The van der Waals surface area contributed by atoms with Crippen LogP contribution in [0.2, 0.25) is 0 Å². The van der Waals surface area contributed by atoms with Gasteiger partial charge in [-0.05, 0) is 34.6 Å². The monoisotopic (exact) mass is 295 g/mol. The summed E-state index contributed by atoms with van der Waals surface area (Å²) in [5.74, 6) is -2.05. The summed E-state index contributed by atoms with van der Waals surface area (Å²) in [7, 11) is -2.95. The Bertz CT molecular complexity index is 466. The highest BCUT2D eigenvalue weighted by Crippen LogP contribution is 2.31. The van der Waals surface area contributed by atoms with Crippen molar-refractivity contribution in [3.63, 3.8) is 0 Å². The molecule has 1 unspecified atom stereocenters. The summed E-state index contributed by atoms with van der Waals surface area (Å²) in [5, 5.41) is 7.73. The van der Waals surface area contributed by atoms with E-state index in [1.54, 1.807) is 0 Å². The predicted molar refractivity (Wildman–Crippen MR) is 69.0 cm³/mol. The first-order valence-electron chi connectivity index (χ1n) is 5.63. The summed E-state index contributed by atoms with van der Waals surface area (Å²) < 4.78 is 30.7. The van der Waals surface area contributed by atoms with Gasteiger partial charge in [-0.1, -0.05) is 0 Å². The van der Waals surface area contributed by atoms with Gasteiger partial charge in [-0.2, -0.15) is 0 Å². The summed E-state index contributed by atoms with van der Waals surface area (Å²) in [6, 6.07) is 0. The molecule has 0 rings (SSSR count). The summed E-state index contributed by atoms with van der Waals surface area (Å²) in [6.07, 6.45) is 0. The fourth-order valence-corrected chi connectivity index (χ4v) is 2.62. The van der Waals surface area contributed by atoms with E-state index < -0.39 is 38.2 Å².